The topological polar surface area (TPSA) is 30.9 Å². The number of aromatic nitrogens is 1. The van der Waals surface area contributed by atoms with Crippen molar-refractivity contribution in [1.29, 1.82) is 0 Å². The zero-order chi connectivity index (χ0) is 11.4. The van der Waals surface area contributed by atoms with Crippen molar-refractivity contribution in [3.8, 4) is 0 Å². The summed E-state index contributed by atoms with van der Waals surface area (Å²) in [4.78, 5) is 0. The second-order valence-corrected chi connectivity index (χ2v) is 4.23. The van der Waals surface area contributed by atoms with Crippen LogP contribution < -0.4 is 5.73 Å². The number of rotatable bonds is 4. The van der Waals surface area contributed by atoms with E-state index >= 15 is 0 Å². The zero-order valence-corrected chi connectivity index (χ0v) is 9.82. The molecule has 0 atom stereocenters. The Bertz CT molecular complexity index is 462. The first-order valence-corrected chi connectivity index (χ1v) is 5.75. The summed E-state index contributed by atoms with van der Waals surface area (Å²) in [6, 6.07) is 10.0. The molecule has 0 aliphatic carbocycles. The predicted octanol–water partition coefficient (Wildman–Crippen LogP) is 2.69. The van der Waals surface area contributed by atoms with Gasteiger partial charge in [0.25, 0.3) is 0 Å². The molecule has 2 aromatic rings. The van der Waals surface area contributed by atoms with Gasteiger partial charge in [0.2, 0.25) is 0 Å². The van der Waals surface area contributed by atoms with Crippen LogP contribution in [0.5, 0.6) is 0 Å². The molecule has 2 nitrogen and oxygen atoms in total. The average molecular weight is 235 g/mol. The van der Waals surface area contributed by atoms with Crippen LogP contribution in [0.3, 0.4) is 0 Å². The minimum atomic E-state index is 0.691. The van der Waals surface area contributed by atoms with Gasteiger partial charge >= 0.3 is 0 Å². The minimum absolute atomic E-state index is 0.691. The Kier molecular flexibility index (Phi) is 3.65. The molecule has 0 unspecified atom stereocenters. The van der Waals surface area contributed by atoms with Crippen LogP contribution >= 0.6 is 11.6 Å². The summed E-state index contributed by atoms with van der Waals surface area (Å²) in [7, 11) is 0. The molecule has 2 N–H and O–H groups in total. The average Bonchev–Trinajstić information content (AvgIpc) is 2.70. The number of nitrogens with two attached hydrogens (primary N) is 1. The van der Waals surface area contributed by atoms with E-state index in [1.807, 2.05) is 24.3 Å². The number of halogens is 1. The van der Waals surface area contributed by atoms with Crippen molar-refractivity contribution >= 4 is 11.6 Å². The molecule has 0 saturated heterocycles. The predicted molar refractivity (Wildman–Crippen MR) is 67.7 cm³/mol. The van der Waals surface area contributed by atoms with Crippen LogP contribution in [-0.4, -0.2) is 11.1 Å². The van der Waals surface area contributed by atoms with Crippen LogP contribution in [0, 0.1) is 0 Å². The van der Waals surface area contributed by atoms with E-state index in [1.165, 1.54) is 5.56 Å². The highest BCUT2D eigenvalue weighted by atomic mass is 35.5. The van der Waals surface area contributed by atoms with Crippen LogP contribution in [0.25, 0.3) is 0 Å². The zero-order valence-electron chi connectivity index (χ0n) is 9.07. The van der Waals surface area contributed by atoms with Crippen molar-refractivity contribution in [2.75, 3.05) is 6.54 Å². The van der Waals surface area contributed by atoms with Gasteiger partial charge in [0, 0.05) is 24.0 Å². The lowest BCUT2D eigenvalue weighted by Gasteiger charge is -2.05. The molecule has 0 saturated carbocycles. The molecule has 0 bridgehead atoms. The maximum Gasteiger partial charge on any atom is 0.0485 e. The highest BCUT2D eigenvalue weighted by Crippen LogP contribution is 2.16. The van der Waals surface area contributed by atoms with E-state index in [9.17, 15) is 0 Å². The van der Waals surface area contributed by atoms with Gasteiger partial charge in [-0.15, -0.1) is 0 Å². The number of hydrogen-bond acceptors (Lipinski definition) is 1. The van der Waals surface area contributed by atoms with Crippen LogP contribution in [0.15, 0.2) is 42.7 Å². The van der Waals surface area contributed by atoms with Gasteiger partial charge in [-0.25, -0.2) is 0 Å². The van der Waals surface area contributed by atoms with Crippen LogP contribution in [0.1, 0.15) is 11.1 Å². The smallest absolute Gasteiger partial charge is 0.0485 e. The van der Waals surface area contributed by atoms with Gasteiger partial charge in [-0.2, -0.15) is 0 Å². The Hall–Kier alpha value is -1.25. The summed E-state index contributed by atoms with van der Waals surface area (Å²) in [6.45, 7) is 1.50. The van der Waals surface area contributed by atoms with Gasteiger partial charge in [-0.1, -0.05) is 29.8 Å². The van der Waals surface area contributed by atoms with Crippen molar-refractivity contribution < 1.29 is 0 Å². The van der Waals surface area contributed by atoms with Crippen LogP contribution in [0.4, 0.5) is 0 Å². The fourth-order valence-corrected chi connectivity index (χ4v) is 1.92. The van der Waals surface area contributed by atoms with Gasteiger partial charge in [-0.3, -0.25) is 0 Å². The van der Waals surface area contributed by atoms with E-state index in [1.54, 1.807) is 0 Å². The van der Waals surface area contributed by atoms with Crippen LogP contribution in [0.2, 0.25) is 5.02 Å². The standard InChI is InChI=1S/C13H15ClN2/c14-13-4-2-1-3-12(13)10-16-8-6-11(9-16)5-7-15/h1-4,6,8-9H,5,7,10,15H2. The molecular weight excluding hydrogens is 220 g/mol. The first-order valence-electron chi connectivity index (χ1n) is 5.37. The molecule has 84 valence electrons. The van der Waals surface area contributed by atoms with Crippen molar-refractivity contribution in [1.82, 2.24) is 4.57 Å². The van der Waals surface area contributed by atoms with E-state index in [0.717, 1.165) is 23.6 Å². The quantitative estimate of drug-likeness (QED) is 0.867. The van der Waals surface area contributed by atoms with Gasteiger partial charge in [0.15, 0.2) is 0 Å². The molecule has 3 heteroatoms. The summed E-state index contributed by atoms with van der Waals surface area (Å²) in [6.07, 6.45) is 5.11. The van der Waals surface area contributed by atoms with Crippen molar-refractivity contribution in [3.63, 3.8) is 0 Å². The lowest BCUT2D eigenvalue weighted by atomic mass is 10.2. The Labute approximate surface area is 101 Å². The molecule has 1 aromatic heterocycles. The maximum absolute atomic E-state index is 6.11. The second kappa shape index (κ2) is 5.19. The first-order chi connectivity index (χ1) is 7.79. The molecule has 16 heavy (non-hydrogen) atoms. The number of nitrogens with zero attached hydrogens (tertiary/aromatic N) is 1. The van der Waals surface area contributed by atoms with Crippen LogP contribution in [-0.2, 0) is 13.0 Å². The molecule has 1 heterocycles. The number of benzene rings is 1. The fourth-order valence-electron chi connectivity index (χ4n) is 1.73. The third-order valence-corrected chi connectivity index (χ3v) is 2.92. The molecule has 0 aliphatic heterocycles. The summed E-state index contributed by atoms with van der Waals surface area (Å²) >= 11 is 6.11. The summed E-state index contributed by atoms with van der Waals surface area (Å²) < 4.78 is 2.13. The normalized spacial score (nSPS) is 10.6. The van der Waals surface area contributed by atoms with Gasteiger partial charge in [0.05, 0.1) is 0 Å². The molecule has 0 fully saturated rings. The SMILES string of the molecule is NCCc1ccn(Cc2ccccc2Cl)c1. The van der Waals surface area contributed by atoms with Crippen molar-refractivity contribution in [2.45, 2.75) is 13.0 Å². The van der Waals surface area contributed by atoms with Gasteiger partial charge < -0.3 is 10.3 Å². The maximum atomic E-state index is 6.11. The Morgan fingerprint density at radius 3 is 2.75 bits per heavy atom. The largest absolute Gasteiger partial charge is 0.350 e. The summed E-state index contributed by atoms with van der Waals surface area (Å²) in [5.74, 6) is 0. The third-order valence-electron chi connectivity index (χ3n) is 2.56. The summed E-state index contributed by atoms with van der Waals surface area (Å²) in [5, 5.41) is 0.816. The fraction of sp³-hybridized carbons (Fsp3) is 0.231. The number of hydrogen-bond donors (Lipinski definition) is 1. The van der Waals surface area contributed by atoms with E-state index in [0.29, 0.717) is 6.54 Å². The molecule has 0 amide bonds. The van der Waals surface area contributed by atoms with E-state index < -0.39 is 0 Å². The van der Waals surface area contributed by atoms with E-state index in [4.69, 9.17) is 17.3 Å². The molecule has 2 rings (SSSR count). The molecule has 0 aliphatic rings. The van der Waals surface area contributed by atoms with Gasteiger partial charge in [-0.05, 0) is 36.2 Å². The monoisotopic (exact) mass is 234 g/mol. The van der Waals surface area contributed by atoms with Gasteiger partial charge in [0.1, 0.15) is 0 Å². The minimum Gasteiger partial charge on any atom is -0.350 e. The highest BCUT2D eigenvalue weighted by molar-refractivity contribution is 6.31. The van der Waals surface area contributed by atoms with E-state index in [2.05, 4.69) is 23.0 Å². The molecule has 1 aromatic carbocycles. The lowest BCUT2D eigenvalue weighted by molar-refractivity contribution is 0.800. The second-order valence-electron chi connectivity index (χ2n) is 3.82. The van der Waals surface area contributed by atoms with E-state index in [-0.39, 0.29) is 0 Å². The Morgan fingerprint density at radius 1 is 1.19 bits per heavy atom. The third kappa shape index (κ3) is 2.65. The molecule has 0 spiro atoms. The first kappa shape index (κ1) is 11.2. The van der Waals surface area contributed by atoms with Crippen molar-refractivity contribution in [2.24, 2.45) is 5.73 Å². The molecule has 0 radical (unpaired) electrons. The Morgan fingerprint density at radius 2 is 2.00 bits per heavy atom. The highest BCUT2D eigenvalue weighted by Gasteiger charge is 2.01. The molecular formula is C13H15ClN2. The Balaban J connectivity index is 2.11. The van der Waals surface area contributed by atoms with Crippen molar-refractivity contribution in [3.05, 3.63) is 58.9 Å². The lowest BCUT2D eigenvalue weighted by Crippen LogP contribution is -2.02. The summed E-state index contributed by atoms with van der Waals surface area (Å²) in [5.41, 5.74) is 7.93.